The van der Waals surface area contributed by atoms with Crippen LogP contribution in [0.5, 0.6) is 5.75 Å². The van der Waals surface area contributed by atoms with Crippen molar-refractivity contribution in [2.24, 2.45) is 4.36 Å². The van der Waals surface area contributed by atoms with Gasteiger partial charge in [0.1, 0.15) is 11.9 Å². The number of nitrogens with zero attached hydrogens (tertiary/aromatic N) is 4. The van der Waals surface area contributed by atoms with E-state index in [1.165, 1.54) is 31.1 Å². The van der Waals surface area contributed by atoms with Crippen molar-refractivity contribution in [3.05, 3.63) is 70.2 Å². The highest BCUT2D eigenvalue weighted by atomic mass is 35.5. The number of ether oxygens (including phenoxy) is 1. The second-order valence-electron chi connectivity index (χ2n) is 7.69. The first-order valence-electron chi connectivity index (χ1n) is 9.99. The lowest BCUT2D eigenvalue weighted by Crippen LogP contribution is -2.13. The van der Waals surface area contributed by atoms with Gasteiger partial charge in [-0.25, -0.2) is 9.19 Å². The molecule has 2 N–H and O–H groups in total. The van der Waals surface area contributed by atoms with Gasteiger partial charge in [0.2, 0.25) is 0 Å². The molecular formula is C22H20Cl2N6O3S. The topological polar surface area (TPSA) is 122 Å². The molecule has 0 bridgehead atoms. The SMILES string of the molecule is CC(Oc1ccc2[nH]nc(C(=O)Nc3ccc(N=S(C)(C)=O)nc3)c2c1)c1c(Cl)cncc1Cl. The van der Waals surface area contributed by atoms with Crippen LogP contribution in [0.2, 0.25) is 10.0 Å². The second kappa shape index (κ2) is 9.57. The van der Waals surface area contributed by atoms with Crippen LogP contribution in [-0.4, -0.2) is 42.8 Å². The molecule has 0 saturated heterocycles. The van der Waals surface area contributed by atoms with Crippen molar-refractivity contribution in [2.45, 2.75) is 13.0 Å². The molecule has 3 heterocycles. The number of halogens is 2. The zero-order valence-corrected chi connectivity index (χ0v) is 20.7. The van der Waals surface area contributed by atoms with Gasteiger partial charge in [-0.1, -0.05) is 23.2 Å². The Morgan fingerprint density at radius 1 is 1.15 bits per heavy atom. The van der Waals surface area contributed by atoms with Gasteiger partial charge in [-0.05, 0) is 37.3 Å². The number of hydrogen-bond donors (Lipinski definition) is 2. The molecule has 0 saturated carbocycles. The summed E-state index contributed by atoms with van der Waals surface area (Å²) in [5, 5.41) is 11.1. The monoisotopic (exact) mass is 518 g/mol. The summed E-state index contributed by atoms with van der Waals surface area (Å²) in [7, 11) is -2.33. The number of carbonyl (C=O) groups is 1. The molecule has 0 aliphatic heterocycles. The van der Waals surface area contributed by atoms with Crippen molar-refractivity contribution in [3.63, 3.8) is 0 Å². The van der Waals surface area contributed by atoms with E-state index in [0.717, 1.165) is 0 Å². The first-order chi connectivity index (χ1) is 16.1. The number of nitrogens with one attached hydrogen (secondary N) is 2. The fourth-order valence-corrected chi connectivity index (χ4v) is 4.47. The van der Waals surface area contributed by atoms with Crippen LogP contribution in [0.4, 0.5) is 11.5 Å². The standard InChI is InChI=1S/C22H20Cl2N6O3S/c1-12(20-16(23)10-25-11-17(20)24)33-14-5-6-18-15(8-14)21(29-28-18)22(31)27-13-4-7-19(26-9-13)30-34(2,3)32/h4-12H,1-3H3,(H,27,31)(H,28,29). The number of amides is 1. The highest BCUT2D eigenvalue weighted by Gasteiger charge is 2.19. The number of aromatic nitrogens is 4. The van der Waals surface area contributed by atoms with Gasteiger partial charge in [0.15, 0.2) is 11.5 Å². The summed E-state index contributed by atoms with van der Waals surface area (Å²) in [5.41, 5.74) is 1.92. The molecule has 1 aromatic carbocycles. The van der Waals surface area contributed by atoms with Gasteiger partial charge in [-0.15, -0.1) is 0 Å². The number of rotatable bonds is 6. The van der Waals surface area contributed by atoms with E-state index in [1.54, 1.807) is 30.3 Å². The molecule has 176 valence electrons. The minimum absolute atomic E-state index is 0.187. The molecule has 0 aliphatic rings. The number of carbonyl (C=O) groups excluding carboxylic acids is 1. The van der Waals surface area contributed by atoms with Crippen LogP contribution in [0.15, 0.2) is 53.3 Å². The molecule has 4 rings (SSSR count). The maximum atomic E-state index is 12.9. The first-order valence-corrected chi connectivity index (χ1v) is 13.1. The lowest BCUT2D eigenvalue weighted by Gasteiger charge is -2.17. The number of anilines is 1. The number of benzene rings is 1. The second-order valence-corrected chi connectivity index (χ2v) is 11.0. The summed E-state index contributed by atoms with van der Waals surface area (Å²) in [4.78, 5) is 20.9. The van der Waals surface area contributed by atoms with Gasteiger partial charge < -0.3 is 10.1 Å². The van der Waals surface area contributed by atoms with Crippen molar-refractivity contribution in [2.75, 3.05) is 17.8 Å². The molecule has 4 aromatic rings. The van der Waals surface area contributed by atoms with Crippen LogP contribution in [0.1, 0.15) is 29.1 Å². The summed E-state index contributed by atoms with van der Waals surface area (Å²) in [6.07, 6.45) is 7.03. The van der Waals surface area contributed by atoms with Crippen LogP contribution in [0.3, 0.4) is 0 Å². The van der Waals surface area contributed by atoms with E-state index in [1.807, 2.05) is 6.92 Å². The molecule has 12 heteroatoms. The third-order valence-corrected chi connectivity index (χ3v) is 5.91. The molecule has 1 unspecified atom stereocenters. The molecule has 0 fully saturated rings. The van der Waals surface area contributed by atoms with Gasteiger partial charge in [0.05, 0.1) is 27.4 Å². The molecule has 1 atom stereocenters. The van der Waals surface area contributed by atoms with E-state index >= 15 is 0 Å². The Hall–Kier alpha value is -3.21. The largest absolute Gasteiger partial charge is 0.486 e. The highest BCUT2D eigenvalue weighted by molar-refractivity contribution is 7.92. The summed E-state index contributed by atoms with van der Waals surface area (Å²) in [6.45, 7) is 1.82. The number of hydrogen-bond acceptors (Lipinski definition) is 7. The average molecular weight is 519 g/mol. The summed E-state index contributed by atoms with van der Waals surface area (Å²) in [5.74, 6) is 0.399. The van der Waals surface area contributed by atoms with Crippen molar-refractivity contribution in [1.29, 1.82) is 0 Å². The smallest absolute Gasteiger partial charge is 0.276 e. The van der Waals surface area contributed by atoms with Gasteiger partial charge in [-0.2, -0.15) is 9.46 Å². The lowest BCUT2D eigenvalue weighted by atomic mass is 10.1. The molecule has 0 spiro atoms. The molecule has 1 amide bonds. The van der Waals surface area contributed by atoms with Gasteiger partial charge in [0, 0.05) is 45.6 Å². The molecule has 9 nitrogen and oxygen atoms in total. The maximum Gasteiger partial charge on any atom is 0.276 e. The maximum absolute atomic E-state index is 12.9. The van der Waals surface area contributed by atoms with Crippen LogP contribution >= 0.6 is 23.2 Å². The molecule has 3 aromatic heterocycles. The Morgan fingerprint density at radius 3 is 2.53 bits per heavy atom. The van der Waals surface area contributed by atoms with E-state index in [9.17, 15) is 9.00 Å². The minimum Gasteiger partial charge on any atom is -0.486 e. The normalized spacial score (nSPS) is 12.4. The van der Waals surface area contributed by atoms with E-state index in [0.29, 0.717) is 43.8 Å². The Balaban J connectivity index is 1.55. The quantitative estimate of drug-likeness (QED) is 0.351. The fraction of sp³-hybridized carbons (Fsp3) is 0.182. The summed E-state index contributed by atoms with van der Waals surface area (Å²) in [6, 6.07) is 8.44. The number of pyridine rings is 2. The predicted molar refractivity (Wildman–Crippen MR) is 134 cm³/mol. The Bertz CT molecular complexity index is 1470. The first kappa shape index (κ1) is 23.9. The third kappa shape index (κ3) is 5.46. The molecular weight excluding hydrogens is 499 g/mol. The van der Waals surface area contributed by atoms with Crippen LogP contribution in [0, 0.1) is 0 Å². The number of aromatic amines is 1. The predicted octanol–water partition coefficient (Wildman–Crippen LogP) is 5.41. The van der Waals surface area contributed by atoms with Gasteiger partial charge in [0.25, 0.3) is 5.91 Å². The van der Waals surface area contributed by atoms with Gasteiger partial charge >= 0.3 is 0 Å². The van der Waals surface area contributed by atoms with E-state index in [4.69, 9.17) is 27.9 Å². The van der Waals surface area contributed by atoms with Crippen molar-refractivity contribution in [3.8, 4) is 5.75 Å². The van der Waals surface area contributed by atoms with E-state index < -0.39 is 21.7 Å². The lowest BCUT2D eigenvalue weighted by molar-refractivity contribution is 0.102. The zero-order chi connectivity index (χ0) is 24.5. The summed E-state index contributed by atoms with van der Waals surface area (Å²) < 4.78 is 21.8. The molecule has 0 radical (unpaired) electrons. The van der Waals surface area contributed by atoms with E-state index in [2.05, 4.69) is 29.8 Å². The molecule has 0 aliphatic carbocycles. The van der Waals surface area contributed by atoms with Gasteiger partial charge in [-0.3, -0.25) is 14.9 Å². The van der Waals surface area contributed by atoms with Crippen molar-refractivity contribution >= 4 is 61.2 Å². The Morgan fingerprint density at radius 2 is 1.88 bits per heavy atom. The van der Waals surface area contributed by atoms with E-state index in [-0.39, 0.29) is 5.69 Å². The average Bonchev–Trinajstić information content (AvgIpc) is 3.17. The molecule has 34 heavy (non-hydrogen) atoms. The Kier molecular flexibility index (Phi) is 6.74. The summed E-state index contributed by atoms with van der Waals surface area (Å²) >= 11 is 12.5. The number of H-pyrrole nitrogens is 1. The minimum atomic E-state index is -2.33. The van der Waals surface area contributed by atoms with Crippen molar-refractivity contribution in [1.82, 2.24) is 20.2 Å². The fourth-order valence-electron chi connectivity index (χ4n) is 3.24. The van der Waals surface area contributed by atoms with Crippen LogP contribution < -0.4 is 10.1 Å². The number of fused-ring (bicyclic) bond motifs is 1. The third-order valence-electron chi connectivity index (χ3n) is 4.68. The zero-order valence-electron chi connectivity index (χ0n) is 18.4. The highest BCUT2D eigenvalue weighted by Crippen LogP contribution is 2.33. The van der Waals surface area contributed by atoms with Crippen LogP contribution in [0.25, 0.3) is 10.9 Å². The van der Waals surface area contributed by atoms with Crippen molar-refractivity contribution < 1.29 is 13.7 Å². The Labute approximate surface area is 206 Å². The van der Waals surface area contributed by atoms with Crippen LogP contribution in [-0.2, 0) is 9.73 Å².